The molecule has 2 saturated carbocycles. The third-order valence-corrected chi connectivity index (χ3v) is 8.18. The van der Waals surface area contributed by atoms with Gasteiger partial charge in [-0.2, -0.15) is 0 Å². The molecule has 2 heterocycles. The smallest absolute Gasteiger partial charge is 0.274 e. The molecular weight excluding hydrogens is 447 g/mol. The number of amides is 2. The molecule has 2 aromatic rings. The maximum atomic E-state index is 13.5. The molecule has 1 saturated heterocycles. The highest BCUT2D eigenvalue weighted by Crippen LogP contribution is 2.56. The van der Waals surface area contributed by atoms with Gasteiger partial charge in [-0.25, -0.2) is 9.37 Å². The fraction of sp³-hybridized carbons (Fsp3) is 0.542. The number of hydrogen-bond acceptors (Lipinski definition) is 4. The minimum absolute atomic E-state index is 0.0543. The predicted molar refractivity (Wildman–Crippen MR) is 121 cm³/mol. The average molecular weight is 475 g/mol. The van der Waals surface area contributed by atoms with Crippen molar-refractivity contribution in [3.8, 4) is 0 Å². The van der Waals surface area contributed by atoms with Gasteiger partial charge in [0.2, 0.25) is 5.91 Å². The van der Waals surface area contributed by atoms with Gasteiger partial charge in [0.1, 0.15) is 11.5 Å². The Kier molecular flexibility index (Phi) is 5.48. The van der Waals surface area contributed by atoms with Crippen LogP contribution in [0.5, 0.6) is 0 Å². The summed E-state index contributed by atoms with van der Waals surface area (Å²) < 4.78 is 15.2. The first-order chi connectivity index (χ1) is 15.7. The van der Waals surface area contributed by atoms with E-state index >= 15 is 0 Å². The van der Waals surface area contributed by atoms with Crippen molar-refractivity contribution in [1.29, 1.82) is 0 Å². The molecule has 1 aromatic carbocycles. The molecule has 3 atom stereocenters. The third kappa shape index (κ3) is 3.83. The summed E-state index contributed by atoms with van der Waals surface area (Å²) >= 11 is 5.84. The van der Waals surface area contributed by atoms with Gasteiger partial charge in [0.05, 0.1) is 28.6 Å². The van der Waals surface area contributed by atoms with Crippen LogP contribution in [0, 0.1) is 23.6 Å². The molecule has 5 rings (SSSR count). The molecule has 0 radical (unpaired) electrons. The van der Waals surface area contributed by atoms with Crippen LogP contribution in [0.3, 0.4) is 0 Å². The van der Waals surface area contributed by atoms with E-state index in [1.165, 1.54) is 18.2 Å². The van der Waals surface area contributed by atoms with Gasteiger partial charge in [0, 0.05) is 32.2 Å². The molecule has 3 aliphatic rings. The van der Waals surface area contributed by atoms with Gasteiger partial charge in [0.15, 0.2) is 0 Å². The summed E-state index contributed by atoms with van der Waals surface area (Å²) in [6, 6.07) is 4.07. The standard InChI is InChI=1S/C24H28ClFN4O3/c1-29-6-5-17(23(29)32)24(33)10-14-7-13(8-15(14)11-24)20-21(30(2)12-27-20)22(31)28-16-3-4-19(26)18(25)9-16/h3-4,9,12-15,17,33H,5-8,10-11H2,1-2H3,(H,28,31)/t13?,14?,15?,17-,24?/m1/s1. The lowest BCUT2D eigenvalue weighted by Gasteiger charge is -2.30. The minimum atomic E-state index is -0.922. The van der Waals surface area contributed by atoms with Crippen molar-refractivity contribution in [3.63, 3.8) is 0 Å². The van der Waals surface area contributed by atoms with Crippen molar-refractivity contribution in [2.75, 3.05) is 18.9 Å². The highest BCUT2D eigenvalue weighted by molar-refractivity contribution is 6.31. The molecule has 9 heteroatoms. The highest BCUT2D eigenvalue weighted by atomic mass is 35.5. The molecule has 2 aliphatic carbocycles. The Balaban J connectivity index is 1.30. The summed E-state index contributed by atoms with van der Waals surface area (Å²) in [4.78, 5) is 31.8. The quantitative estimate of drug-likeness (QED) is 0.709. The van der Waals surface area contributed by atoms with Gasteiger partial charge >= 0.3 is 0 Å². The number of nitrogens with one attached hydrogen (secondary N) is 1. The van der Waals surface area contributed by atoms with Crippen molar-refractivity contribution >= 4 is 29.1 Å². The van der Waals surface area contributed by atoms with Crippen LogP contribution >= 0.6 is 11.6 Å². The van der Waals surface area contributed by atoms with Crippen LogP contribution in [-0.4, -0.2) is 50.6 Å². The number of nitrogens with zero attached hydrogens (tertiary/aromatic N) is 3. The fourth-order valence-corrected chi connectivity index (χ4v) is 6.50. The largest absolute Gasteiger partial charge is 0.389 e. The molecule has 2 N–H and O–H groups in total. The van der Waals surface area contributed by atoms with Crippen LogP contribution in [0.15, 0.2) is 24.5 Å². The number of hydrogen-bond donors (Lipinski definition) is 2. The molecule has 2 unspecified atom stereocenters. The topological polar surface area (TPSA) is 87.5 Å². The van der Waals surface area contributed by atoms with E-state index in [4.69, 9.17) is 11.6 Å². The van der Waals surface area contributed by atoms with Crippen LogP contribution < -0.4 is 5.32 Å². The summed E-state index contributed by atoms with van der Waals surface area (Å²) in [6.45, 7) is 0.704. The zero-order valence-electron chi connectivity index (χ0n) is 18.7. The Labute approximate surface area is 196 Å². The van der Waals surface area contributed by atoms with Gasteiger partial charge in [-0.05, 0) is 62.1 Å². The van der Waals surface area contributed by atoms with E-state index < -0.39 is 11.4 Å². The monoisotopic (exact) mass is 474 g/mol. The summed E-state index contributed by atoms with van der Waals surface area (Å²) in [7, 11) is 3.57. The molecule has 3 fully saturated rings. The maximum absolute atomic E-state index is 13.5. The Morgan fingerprint density at radius 1 is 1.27 bits per heavy atom. The summed E-state index contributed by atoms with van der Waals surface area (Å²) in [5.41, 5.74) is 0.716. The number of halogens is 2. The molecule has 0 bridgehead atoms. The Morgan fingerprint density at radius 2 is 1.97 bits per heavy atom. The number of anilines is 1. The van der Waals surface area contributed by atoms with Crippen LogP contribution in [0.4, 0.5) is 10.1 Å². The predicted octanol–water partition coefficient (Wildman–Crippen LogP) is 3.58. The zero-order chi connectivity index (χ0) is 23.5. The third-order valence-electron chi connectivity index (χ3n) is 7.89. The second-order valence-corrected chi connectivity index (χ2v) is 10.4. The molecule has 2 amide bonds. The van der Waals surface area contributed by atoms with Crippen molar-refractivity contribution in [2.45, 2.75) is 43.6 Å². The first kappa shape index (κ1) is 22.3. The number of fused-ring (bicyclic) bond motifs is 1. The number of carbonyl (C=O) groups is 2. The fourth-order valence-electron chi connectivity index (χ4n) is 6.32. The Bertz CT molecular complexity index is 1110. The second kappa shape index (κ2) is 8.09. The molecule has 176 valence electrons. The van der Waals surface area contributed by atoms with Gasteiger partial charge in [-0.15, -0.1) is 0 Å². The van der Waals surface area contributed by atoms with E-state index in [9.17, 15) is 19.1 Å². The first-order valence-electron chi connectivity index (χ1n) is 11.4. The zero-order valence-corrected chi connectivity index (χ0v) is 19.5. The molecule has 0 spiro atoms. The molecular formula is C24H28ClFN4O3. The van der Waals surface area contributed by atoms with Crippen LogP contribution in [0.25, 0.3) is 0 Å². The lowest BCUT2D eigenvalue weighted by atomic mass is 9.81. The van der Waals surface area contributed by atoms with E-state index in [1.807, 2.05) is 0 Å². The maximum Gasteiger partial charge on any atom is 0.274 e. The highest BCUT2D eigenvalue weighted by Gasteiger charge is 2.56. The van der Waals surface area contributed by atoms with Gasteiger partial charge in [-0.3, -0.25) is 9.59 Å². The molecule has 1 aromatic heterocycles. The number of aryl methyl sites for hydroxylation is 1. The van der Waals surface area contributed by atoms with Gasteiger partial charge in [0.25, 0.3) is 5.91 Å². The number of benzene rings is 1. The lowest BCUT2D eigenvalue weighted by molar-refractivity contribution is -0.137. The van der Waals surface area contributed by atoms with Crippen molar-refractivity contribution in [2.24, 2.45) is 24.8 Å². The van der Waals surface area contributed by atoms with Crippen molar-refractivity contribution in [1.82, 2.24) is 14.5 Å². The van der Waals surface area contributed by atoms with Crippen LogP contribution in [0.1, 0.15) is 54.2 Å². The van der Waals surface area contributed by atoms with E-state index in [0.717, 1.165) is 18.5 Å². The van der Waals surface area contributed by atoms with E-state index in [2.05, 4.69) is 10.3 Å². The van der Waals surface area contributed by atoms with Crippen LogP contribution in [0.2, 0.25) is 5.02 Å². The summed E-state index contributed by atoms with van der Waals surface area (Å²) in [5.74, 6) is -0.366. The SMILES string of the molecule is CN1CC[C@@H](C2(O)CC3CC(c4ncn(C)c4C(=O)Nc4ccc(F)c(Cl)c4)CC3C2)C1=O. The van der Waals surface area contributed by atoms with Crippen molar-refractivity contribution in [3.05, 3.63) is 46.8 Å². The number of rotatable bonds is 4. The first-order valence-corrected chi connectivity index (χ1v) is 11.8. The van der Waals surface area contributed by atoms with Gasteiger partial charge in [-0.1, -0.05) is 11.6 Å². The number of aliphatic hydroxyl groups is 1. The van der Waals surface area contributed by atoms with E-state index in [-0.39, 0.29) is 28.7 Å². The number of imidazole rings is 1. The van der Waals surface area contributed by atoms with Gasteiger partial charge < -0.3 is 19.9 Å². The lowest BCUT2D eigenvalue weighted by Crippen LogP contribution is -2.40. The summed E-state index contributed by atoms with van der Waals surface area (Å²) in [5, 5.41) is 14.1. The molecule has 33 heavy (non-hydrogen) atoms. The summed E-state index contributed by atoms with van der Waals surface area (Å²) in [6.07, 6.45) is 5.28. The van der Waals surface area contributed by atoms with Crippen LogP contribution in [-0.2, 0) is 11.8 Å². The molecule has 7 nitrogen and oxygen atoms in total. The normalized spacial score (nSPS) is 31.3. The Morgan fingerprint density at radius 3 is 2.58 bits per heavy atom. The van der Waals surface area contributed by atoms with E-state index in [1.54, 1.807) is 29.9 Å². The number of likely N-dealkylation sites (tertiary alicyclic amines) is 1. The van der Waals surface area contributed by atoms with E-state index in [0.29, 0.717) is 49.0 Å². The average Bonchev–Trinajstić information content (AvgIpc) is 3.48. The number of aromatic nitrogens is 2. The minimum Gasteiger partial charge on any atom is -0.389 e. The molecule has 1 aliphatic heterocycles. The second-order valence-electron chi connectivity index (χ2n) is 9.97. The van der Waals surface area contributed by atoms with Crippen molar-refractivity contribution < 1.29 is 19.1 Å². The number of carbonyl (C=O) groups excluding carboxylic acids is 2. The Hall–Kier alpha value is -2.45.